The zero-order chi connectivity index (χ0) is 15.9. The highest BCUT2D eigenvalue weighted by Gasteiger charge is 2.32. The number of rotatable bonds is 9. The van der Waals surface area contributed by atoms with Gasteiger partial charge in [0.15, 0.2) is 0 Å². The van der Waals surface area contributed by atoms with E-state index >= 15 is 0 Å². The lowest BCUT2D eigenvalue weighted by atomic mass is 9.89. The summed E-state index contributed by atoms with van der Waals surface area (Å²) < 4.78 is 1.13. The van der Waals surface area contributed by atoms with Crippen LogP contribution in [0.15, 0.2) is 28.7 Å². The molecular weight excluding hydrogens is 324 g/mol. The summed E-state index contributed by atoms with van der Waals surface area (Å²) in [5, 5.41) is 0. The fraction of sp³-hybridized carbons (Fsp3) is 0.667. The third-order valence-electron chi connectivity index (χ3n) is 4.26. The van der Waals surface area contributed by atoms with Crippen LogP contribution in [0.1, 0.15) is 52.5 Å². The van der Waals surface area contributed by atoms with Crippen molar-refractivity contribution in [2.75, 3.05) is 13.1 Å². The van der Waals surface area contributed by atoms with Crippen molar-refractivity contribution in [1.82, 2.24) is 4.90 Å². The Labute approximate surface area is 139 Å². The Hall–Kier alpha value is -0.380. The van der Waals surface area contributed by atoms with Crippen LogP contribution in [-0.2, 0) is 6.42 Å². The largest absolute Gasteiger partial charge is 0.329 e. The minimum absolute atomic E-state index is 0.0235. The Bertz CT molecular complexity index is 402. The molecule has 1 rings (SSSR count). The monoisotopic (exact) mass is 354 g/mol. The molecule has 120 valence electrons. The minimum atomic E-state index is 0.0235. The molecule has 1 aromatic rings. The number of nitrogens with two attached hydrogens (primary N) is 1. The van der Waals surface area contributed by atoms with Gasteiger partial charge in [0, 0.05) is 22.6 Å². The van der Waals surface area contributed by atoms with Gasteiger partial charge in [0.1, 0.15) is 0 Å². The highest BCUT2D eigenvalue weighted by molar-refractivity contribution is 9.10. The number of halogens is 1. The Balaban J connectivity index is 2.84. The zero-order valence-electron chi connectivity index (χ0n) is 14.0. The predicted molar refractivity (Wildman–Crippen MR) is 96.7 cm³/mol. The van der Waals surface area contributed by atoms with Gasteiger partial charge in [-0.3, -0.25) is 4.90 Å². The molecule has 0 aliphatic heterocycles. The van der Waals surface area contributed by atoms with Gasteiger partial charge >= 0.3 is 0 Å². The summed E-state index contributed by atoms with van der Waals surface area (Å²) in [6.45, 7) is 10.9. The molecule has 0 saturated carbocycles. The van der Waals surface area contributed by atoms with Gasteiger partial charge in [0.05, 0.1) is 0 Å². The third kappa shape index (κ3) is 5.72. The van der Waals surface area contributed by atoms with E-state index in [2.05, 4.69) is 72.8 Å². The highest BCUT2D eigenvalue weighted by atomic mass is 79.9. The zero-order valence-corrected chi connectivity index (χ0v) is 15.6. The maximum absolute atomic E-state index is 6.18. The molecule has 1 unspecified atom stereocenters. The van der Waals surface area contributed by atoms with Gasteiger partial charge in [-0.25, -0.2) is 0 Å². The van der Waals surface area contributed by atoms with Crippen LogP contribution >= 0.6 is 15.9 Å². The smallest absolute Gasteiger partial charge is 0.0346 e. The quantitative estimate of drug-likeness (QED) is 0.656. The van der Waals surface area contributed by atoms with Crippen LogP contribution in [0.5, 0.6) is 0 Å². The molecule has 0 aromatic heterocycles. The van der Waals surface area contributed by atoms with Crippen LogP contribution in [0.4, 0.5) is 0 Å². The molecule has 0 saturated heterocycles. The van der Waals surface area contributed by atoms with Crippen molar-refractivity contribution in [3.63, 3.8) is 0 Å². The first-order valence-electron chi connectivity index (χ1n) is 8.14. The second-order valence-corrected chi connectivity index (χ2v) is 7.41. The SMILES string of the molecule is CCCCCN(C(C)C)C(C)(CN)Cc1ccc(Br)cc1. The van der Waals surface area contributed by atoms with Crippen LogP contribution in [-0.4, -0.2) is 29.6 Å². The Kier molecular flexibility index (Phi) is 7.93. The normalized spacial score (nSPS) is 14.7. The summed E-state index contributed by atoms with van der Waals surface area (Å²) in [5.41, 5.74) is 7.55. The molecule has 1 aromatic carbocycles. The standard InChI is InChI=1S/C18H31BrN2/c1-5-6-7-12-21(15(2)3)18(4,14-20)13-16-8-10-17(19)11-9-16/h8-11,15H,5-7,12-14,20H2,1-4H3. The van der Waals surface area contributed by atoms with E-state index in [1.165, 1.54) is 24.8 Å². The minimum Gasteiger partial charge on any atom is -0.329 e. The maximum Gasteiger partial charge on any atom is 0.0346 e. The fourth-order valence-corrected chi connectivity index (χ4v) is 3.28. The molecule has 0 heterocycles. The molecular formula is C18H31BrN2. The first-order valence-corrected chi connectivity index (χ1v) is 8.93. The first kappa shape index (κ1) is 18.7. The molecule has 0 amide bonds. The van der Waals surface area contributed by atoms with Crippen LogP contribution in [0.2, 0.25) is 0 Å². The number of hydrogen-bond donors (Lipinski definition) is 1. The van der Waals surface area contributed by atoms with Crippen LogP contribution < -0.4 is 5.73 Å². The van der Waals surface area contributed by atoms with E-state index in [1.807, 2.05) is 0 Å². The average Bonchev–Trinajstić information content (AvgIpc) is 2.45. The van der Waals surface area contributed by atoms with Gasteiger partial charge in [-0.15, -0.1) is 0 Å². The van der Waals surface area contributed by atoms with Crippen molar-refractivity contribution in [3.8, 4) is 0 Å². The van der Waals surface area contributed by atoms with Gasteiger partial charge in [-0.2, -0.15) is 0 Å². The number of unbranched alkanes of at least 4 members (excludes halogenated alkanes) is 2. The van der Waals surface area contributed by atoms with E-state index in [0.29, 0.717) is 12.6 Å². The lowest BCUT2D eigenvalue weighted by Gasteiger charge is -2.44. The fourth-order valence-electron chi connectivity index (χ4n) is 3.02. The molecule has 0 aliphatic carbocycles. The number of nitrogens with zero attached hydrogens (tertiary/aromatic N) is 1. The van der Waals surface area contributed by atoms with E-state index < -0.39 is 0 Å². The van der Waals surface area contributed by atoms with Gasteiger partial charge in [-0.05, 0) is 57.9 Å². The van der Waals surface area contributed by atoms with Crippen molar-refractivity contribution in [1.29, 1.82) is 0 Å². The Morgan fingerprint density at radius 3 is 2.29 bits per heavy atom. The van der Waals surface area contributed by atoms with Gasteiger partial charge in [0.2, 0.25) is 0 Å². The predicted octanol–water partition coefficient (Wildman–Crippen LogP) is 4.61. The van der Waals surface area contributed by atoms with Crippen LogP contribution in [0.3, 0.4) is 0 Å². The topological polar surface area (TPSA) is 29.3 Å². The van der Waals surface area contributed by atoms with Crippen molar-refractivity contribution >= 4 is 15.9 Å². The number of benzene rings is 1. The average molecular weight is 355 g/mol. The first-order chi connectivity index (χ1) is 9.92. The molecule has 0 aliphatic rings. The molecule has 2 N–H and O–H groups in total. The second-order valence-electron chi connectivity index (χ2n) is 6.50. The van der Waals surface area contributed by atoms with Gasteiger partial charge < -0.3 is 5.73 Å². The van der Waals surface area contributed by atoms with Crippen LogP contribution in [0.25, 0.3) is 0 Å². The summed E-state index contributed by atoms with van der Waals surface area (Å²) in [4.78, 5) is 2.59. The van der Waals surface area contributed by atoms with E-state index in [9.17, 15) is 0 Å². The summed E-state index contributed by atoms with van der Waals surface area (Å²) >= 11 is 3.50. The molecule has 0 fully saturated rings. The number of hydrogen-bond acceptors (Lipinski definition) is 2. The molecule has 21 heavy (non-hydrogen) atoms. The van der Waals surface area contributed by atoms with E-state index in [0.717, 1.165) is 17.4 Å². The summed E-state index contributed by atoms with van der Waals surface area (Å²) in [7, 11) is 0. The van der Waals surface area contributed by atoms with E-state index in [1.54, 1.807) is 0 Å². The molecule has 0 bridgehead atoms. The third-order valence-corrected chi connectivity index (χ3v) is 4.79. The van der Waals surface area contributed by atoms with Gasteiger partial charge in [-0.1, -0.05) is 47.8 Å². The van der Waals surface area contributed by atoms with Crippen molar-refractivity contribution < 1.29 is 0 Å². The molecule has 2 nitrogen and oxygen atoms in total. The molecule has 1 atom stereocenters. The molecule has 0 radical (unpaired) electrons. The summed E-state index contributed by atoms with van der Waals surface area (Å²) in [5.74, 6) is 0. The van der Waals surface area contributed by atoms with E-state index in [4.69, 9.17) is 5.73 Å². The second kappa shape index (κ2) is 8.92. The van der Waals surface area contributed by atoms with Crippen molar-refractivity contribution in [2.24, 2.45) is 5.73 Å². The maximum atomic E-state index is 6.18. The molecule has 3 heteroatoms. The summed E-state index contributed by atoms with van der Waals surface area (Å²) in [6, 6.07) is 9.14. The lowest BCUT2D eigenvalue weighted by molar-refractivity contribution is 0.0736. The van der Waals surface area contributed by atoms with Crippen molar-refractivity contribution in [2.45, 2.75) is 65.0 Å². The highest BCUT2D eigenvalue weighted by Crippen LogP contribution is 2.24. The Morgan fingerprint density at radius 2 is 1.81 bits per heavy atom. The van der Waals surface area contributed by atoms with Crippen molar-refractivity contribution in [3.05, 3.63) is 34.3 Å². The van der Waals surface area contributed by atoms with E-state index in [-0.39, 0.29) is 5.54 Å². The lowest BCUT2D eigenvalue weighted by Crippen LogP contribution is -2.56. The van der Waals surface area contributed by atoms with Gasteiger partial charge in [0.25, 0.3) is 0 Å². The summed E-state index contributed by atoms with van der Waals surface area (Å²) in [6.07, 6.45) is 4.81. The van der Waals surface area contributed by atoms with Crippen LogP contribution in [0, 0.1) is 0 Å². The Morgan fingerprint density at radius 1 is 1.19 bits per heavy atom. The molecule has 0 spiro atoms.